The first-order chi connectivity index (χ1) is 8.71. The Morgan fingerprint density at radius 3 is 2.39 bits per heavy atom. The van der Waals surface area contributed by atoms with E-state index in [0.29, 0.717) is 5.54 Å². The summed E-state index contributed by atoms with van der Waals surface area (Å²) in [5.74, 6) is 0.878. The lowest BCUT2D eigenvalue weighted by molar-refractivity contribution is 0.0506. The van der Waals surface area contributed by atoms with E-state index >= 15 is 0 Å². The van der Waals surface area contributed by atoms with Gasteiger partial charge < -0.3 is 5.32 Å². The van der Waals surface area contributed by atoms with Crippen molar-refractivity contribution in [3.63, 3.8) is 0 Å². The summed E-state index contributed by atoms with van der Waals surface area (Å²) < 4.78 is 0. The van der Waals surface area contributed by atoms with Gasteiger partial charge >= 0.3 is 0 Å². The van der Waals surface area contributed by atoms with Crippen LogP contribution < -0.4 is 5.32 Å². The molecule has 2 rings (SSSR count). The second kappa shape index (κ2) is 6.38. The Bertz CT molecular complexity index is 236. The molecule has 1 spiro atoms. The average molecular weight is 252 g/mol. The standard InChI is InChI=1S/C16H32N2/c1-4-15(5-2)14(3)18-12-11-17-16(13-18)9-7-6-8-10-16/h14-15,17H,4-13H2,1-3H3. The Hall–Kier alpha value is -0.0800. The molecule has 1 saturated heterocycles. The zero-order valence-corrected chi connectivity index (χ0v) is 12.7. The van der Waals surface area contributed by atoms with Crippen LogP contribution in [0.2, 0.25) is 0 Å². The Morgan fingerprint density at radius 1 is 1.11 bits per heavy atom. The number of nitrogens with zero attached hydrogens (tertiary/aromatic N) is 1. The van der Waals surface area contributed by atoms with Crippen LogP contribution in [0.3, 0.4) is 0 Å². The lowest BCUT2D eigenvalue weighted by atomic mass is 9.79. The van der Waals surface area contributed by atoms with Crippen molar-refractivity contribution in [2.75, 3.05) is 19.6 Å². The maximum absolute atomic E-state index is 3.85. The van der Waals surface area contributed by atoms with Crippen molar-refractivity contribution in [2.45, 2.75) is 77.3 Å². The van der Waals surface area contributed by atoms with Gasteiger partial charge in [-0.25, -0.2) is 0 Å². The first kappa shape index (κ1) is 14.3. The minimum absolute atomic E-state index is 0.469. The molecule has 0 bridgehead atoms. The Balaban J connectivity index is 1.97. The molecule has 0 aromatic carbocycles. The summed E-state index contributed by atoms with van der Waals surface area (Å²) in [6.07, 6.45) is 9.77. The van der Waals surface area contributed by atoms with E-state index in [1.54, 1.807) is 0 Å². The lowest BCUT2D eigenvalue weighted by Crippen LogP contribution is -2.63. The molecule has 18 heavy (non-hydrogen) atoms. The Morgan fingerprint density at radius 2 is 1.78 bits per heavy atom. The molecule has 1 heterocycles. The van der Waals surface area contributed by atoms with E-state index in [1.807, 2.05) is 0 Å². The average Bonchev–Trinajstić information content (AvgIpc) is 2.41. The van der Waals surface area contributed by atoms with Gasteiger partial charge in [0.2, 0.25) is 0 Å². The van der Waals surface area contributed by atoms with Gasteiger partial charge in [-0.2, -0.15) is 0 Å². The zero-order chi connectivity index (χ0) is 13.0. The molecule has 0 amide bonds. The van der Waals surface area contributed by atoms with Crippen molar-refractivity contribution in [3.8, 4) is 0 Å². The van der Waals surface area contributed by atoms with E-state index in [-0.39, 0.29) is 0 Å². The summed E-state index contributed by atoms with van der Waals surface area (Å²) in [6, 6.07) is 0.765. The third-order valence-corrected chi connectivity index (χ3v) is 5.52. The Kier molecular flexibility index (Phi) is 5.08. The fourth-order valence-corrected chi connectivity index (χ4v) is 4.17. The number of nitrogens with one attached hydrogen (secondary N) is 1. The van der Waals surface area contributed by atoms with Crippen LogP contribution >= 0.6 is 0 Å². The van der Waals surface area contributed by atoms with Crippen molar-refractivity contribution in [3.05, 3.63) is 0 Å². The lowest BCUT2D eigenvalue weighted by Gasteiger charge is -2.49. The van der Waals surface area contributed by atoms with Crippen molar-refractivity contribution >= 4 is 0 Å². The van der Waals surface area contributed by atoms with Gasteiger partial charge in [-0.3, -0.25) is 4.90 Å². The maximum atomic E-state index is 3.85. The second-order valence-electron chi connectivity index (χ2n) is 6.56. The van der Waals surface area contributed by atoms with Crippen LogP contribution in [0.15, 0.2) is 0 Å². The van der Waals surface area contributed by atoms with Gasteiger partial charge in [0.15, 0.2) is 0 Å². The molecule has 1 saturated carbocycles. The highest BCUT2D eigenvalue weighted by Crippen LogP contribution is 2.32. The first-order valence-electron chi connectivity index (χ1n) is 8.20. The molecule has 2 aliphatic rings. The second-order valence-corrected chi connectivity index (χ2v) is 6.56. The predicted octanol–water partition coefficient (Wildman–Crippen LogP) is 3.42. The van der Waals surface area contributed by atoms with Gasteiger partial charge in [0.1, 0.15) is 0 Å². The molecular weight excluding hydrogens is 220 g/mol. The minimum atomic E-state index is 0.469. The maximum Gasteiger partial charge on any atom is 0.0309 e. The van der Waals surface area contributed by atoms with Gasteiger partial charge in [0, 0.05) is 31.2 Å². The van der Waals surface area contributed by atoms with Crippen LogP contribution in [0, 0.1) is 5.92 Å². The van der Waals surface area contributed by atoms with Crippen LogP contribution in [0.5, 0.6) is 0 Å². The van der Waals surface area contributed by atoms with Crippen LogP contribution in [0.4, 0.5) is 0 Å². The quantitative estimate of drug-likeness (QED) is 0.825. The molecule has 1 unspecified atom stereocenters. The third kappa shape index (κ3) is 3.08. The monoisotopic (exact) mass is 252 g/mol. The molecule has 2 nitrogen and oxygen atoms in total. The van der Waals surface area contributed by atoms with Crippen LogP contribution in [-0.2, 0) is 0 Å². The smallest absolute Gasteiger partial charge is 0.0309 e. The van der Waals surface area contributed by atoms with E-state index < -0.39 is 0 Å². The zero-order valence-electron chi connectivity index (χ0n) is 12.7. The molecule has 0 aromatic heterocycles. The summed E-state index contributed by atoms with van der Waals surface area (Å²) >= 11 is 0. The van der Waals surface area contributed by atoms with Crippen molar-refractivity contribution in [1.82, 2.24) is 10.2 Å². The molecule has 1 atom stereocenters. The molecule has 1 aliphatic heterocycles. The van der Waals surface area contributed by atoms with Gasteiger partial charge in [0.25, 0.3) is 0 Å². The molecular formula is C16H32N2. The summed E-state index contributed by atoms with van der Waals surface area (Å²) in [7, 11) is 0. The van der Waals surface area contributed by atoms with E-state index in [2.05, 4.69) is 31.0 Å². The normalized spacial score (nSPS) is 26.7. The molecule has 0 aromatic rings. The molecule has 2 heteroatoms. The third-order valence-electron chi connectivity index (χ3n) is 5.52. The fourth-order valence-electron chi connectivity index (χ4n) is 4.17. The molecule has 0 radical (unpaired) electrons. The van der Waals surface area contributed by atoms with Crippen molar-refractivity contribution in [1.29, 1.82) is 0 Å². The van der Waals surface area contributed by atoms with Crippen molar-refractivity contribution in [2.24, 2.45) is 5.92 Å². The van der Waals surface area contributed by atoms with Gasteiger partial charge in [0.05, 0.1) is 0 Å². The fraction of sp³-hybridized carbons (Fsp3) is 1.00. The number of hydrogen-bond acceptors (Lipinski definition) is 2. The van der Waals surface area contributed by atoms with E-state index in [9.17, 15) is 0 Å². The number of hydrogen-bond donors (Lipinski definition) is 1. The van der Waals surface area contributed by atoms with Crippen LogP contribution in [0.25, 0.3) is 0 Å². The van der Waals surface area contributed by atoms with Gasteiger partial charge in [-0.1, -0.05) is 46.0 Å². The molecule has 2 fully saturated rings. The van der Waals surface area contributed by atoms with Crippen molar-refractivity contribution < 1.29 is 0 Å². The number of rotatable bonds is 4. The largest absolute Gasteiger partial charge is 0.309 e. The minimum Gasteiger partial charge on any atom is -0.309 e. The summed E-state index contributed by atoms with van der Waals surface area (Å²) in [4.78, 5) is 2.78. The highest BCUT2D eigenvalue weighted by atomic mass is 15.2. The molecule has 1 N–H and O–H groups in total. The van der Waals surface area contributed by atoms with Crippen LogP contribution in [0.1, 0.15) is 65.7 Å². The molecule has 1 aliphatic carbocycles. The molecule has 106 valence electrons. The summed E-state index contributed by atoms with van der Waals surface area (Å²) in [6.45, 7) is 10.9. The highest BCUT2D eigenvalue weighted by molar-refractivity contribution is 4.98. The number of piperazine rings is 1. The van der Waals surface area contributed by atoms with Gasteiger partial charge in [-0.15, -0.1) is 0 Å². The van der Waals surface area contributed by atoms with Gasteiger partial charge in [-0.05, 0) is 25.7 Å². The van der Waals surface area contributed by atoms with Crippen LogP contribution in [-0.4, -0.2) is 36.1 Å². The van der Waals surface area contributed by atoms with E-state index in [4.69, 9.17) is 0 Å². The summed E-state index contributed by atoms with van der Waals surface area (Å²) in [5.41, 5.74) is 0.469. The first-order valence-corrected chi connectivity index (χ1v) is 8.20. The SMILES string of the molecule is CCC(CC)C(C)N1CCNC2(CCCCC2)C1. The predicted molar refractivity (Wildman–Crippen MR) is 78.9 cm³/mol. The highest BCUT2D eigenvalue weighted by Gasteiger charge is 2.38. The topological polar surface area (TPSA) is 15.3 Å². The van der Waals surface area contributed by atoms with E-state index in [1.165, 1.54) is 64.6 Å². The van der Waals surface area contributed by atoms with E-state index in [0.717, 1.165) is 12.0 Å². The summed E-state index contributed by atoms with van der Waals surface area (Å²) in [5, 5.41) is 3.85. The Labute approximate surface area is 114 Å².